The number of hydrogen-bond acceptors (Lipinski definition) is 5. The van der Waals surface area contributed by atoms with Gasteiger partial charge in [-0.05, 0) is 5.56 Å². The zero-order chi connectivity index (χ0) is 26.7. The van der Waals surface area contributed by atoms with Crippen molar-refractivity contribution in [1.82, 2.24) is 20.0 Å². The predicted octanol–water partition coefficient (Wildman–Crippen LogP) is 3.85. The molecule has 0 saturated carbocycles. The summed E-state index contributed by atoms with van der Waals surface area (Å²) in [6.07, 6.45) is -0.345. The van der Waals surface area contributed by atoms with Crippen LogP contribution in [0.4, 0.5) is 9.59 Å². The maximum atomic E-state index is 13.8. The number of hydrogen-bond donors (Lipinski definition) is 1. The van der Waals surface area contributed by atoms with Gasteiger partial charge in [0.2, 0.25) is 0 Å². The Balaban J connectivity index is 1.27. The number of rotatable bonds is 6. The Morgan fingerprint density at radius 2 is 1.44 bits per heavy atom. The molecule has 0 aliphatic carbocycles. The molecule has 3 aromatic carbocycles. The molecule has 3 fully saturated rings. The van der Waals surface area contributed by atoms with Crippen molar-refractivity contribution in [3.63, 3.8) is 0 Å². The van der Waals surface area contributed by atoms with Crippen molar-refractivity contribution in [3.8, 4) is 0 Å². The standard InChI is InChI=1S/C31H34N4O4/c36-29(32-27(24-10-4-1-5-11-24)22-33-18-20-38-21-19-33)34-16-17-35-28(23-34)31(39-30(35)37,25-12-6-2-7-13-25)26-14-8-3-9-15-26/h1-15,27-28H,16-23H2,(H,32,36). The van der Waals surface area contributed by atoms with Gasteiger partial charge >= 0.3 is 12.1 Å². The van der Waals surface area contributed by atoms with E-state index in [2.05, 4.69) is 22.3 Å². The lowest BCUT2D eigenvalue weighted by Crippen LogP contribution is -2.60. The number of fused-ring (bicyclic) bond motifs is 1. The number of benzene rings is 3. The van der Waals surface area contributed by atoms with Crippen molar-refractivity contribution >= 4 is 12.1 Å². The Bertz CT molecular complexity index is 1230. The highest BCUT2D eigenvalue weighted by atomic mass is 16.6. The van der Waals surface area contributed by atoms with Gasteiger partial charge in [-0.25, -0.2) is 9.59 Å². The number of nitrogens with one attached hydrogen (secondary N) is 1. The molecule has 3 heterocycles. The Hall–Kier alpha value is -3.88. The lowest BCUT2D eigenvalue weighted by atomic mass is 9.79. The van der Waals surface area contributed by atoms with Crippen LogP contribution in [0.3, 0.4) is 0 Å². The summed E-state index contributed by atoms with van der Waals surface area (Å²) in [7, 11) is 0. The van der Waals surface area contributed by atoms with E-state index in [0.29, 0.717) is 39.4 Å². The highest BCUT2D eigenvalue weighted by Gasteiger charge is 2.58. The van der Waals surface area contributed by atoms with Crippen molar-refractivity contribution in [2.45, 2.75) is 17.7 Å². The first-order chi connectivity index (χ1) is 19.1. The first-order valence-electron chi connectivity index (χ1n) is 13.7. The second-order valence-electron chi connectivity index (χ2n) is 10.3. The van der Waals surface area contributed by atoms with Gasteiger partial charge in [0.05, 0.1) is 19.3 Å². The molecule has 202 valence electrons. The molecule has 3 amide bonds. The van der Waals surface area contributed by atoms with E-state index in [9.17, 15) is 9.59 Å². The minimum Gasteiger partial charge on any atom is -0.431 e. The average molecular weight is 527 g/mol. The van der Waals surface area contributed by atoms with E-state index in [1.807, 2.05) is 83.8 Å². The van der Waals surface area contributed by atoms with E-state index < -0.39 is 5.60 Å². The van der Waals surface area contributed by atoms with E-state index in [0.717, 1.165) is 29.8 Å². The van der Waals surface area contributed by atoms with Crippen LogP contribution >= 0.6 is 0 Å². The van der Waals surface area contributed by atoms with Crippen LogP contribution in [0.25, 0.3) is 0 Å². The third kappa shape index (κ3) is 4.97. The molecular weight excluding hydrogens is 492 g/mol. The van der Waals surface area contributed by atoms with Crippen molar-refractivity contribution in [2.75, 3.05) is 52.5 Å². The van der Waals surface area contributed by atoms with Crippen LogP contribution < -0.4 is 5.32 Å². The normalized spacial score (nSPS) is 21.6. The minimum atomic E-state index is -1.01. The summed E-state index contributed by atoms with van der Waals surface area (Å²) in [6, 6.07) is 29.2. The molecule has 3 aliphatic rings. The Morgan fingerprint density at radius 3 is 2.05 bits per heavy atom. The number of carbonyl (C=O) groups excluding carboxylic acids is 2. The van der Waals surface area contributed by atoms with Gasteiger partial charge in [0.1, 0.15) is 6.04 Å². The zero-order valence-electron chi connectivity index (χ0n) is 21.9. The maximum absolute atomic E-state index is 13.8. The van der Waals surface area contributed by atoms with Crippen molar-refractivity contribution in [2.24, 2.45) is 0 Å². The number of amides is 3. The third-order valence-electron chi connectivity index (χ3n) is 8.07. The fraction of sp³-hybridized carbons (Fsp3) is 0.355. The summed E-state index contributed by atoms with van der Waals surface area (Å²) in [5.41, 5.74) is 1.85. The summed E-state index contributed by atoms with van der Waals surface area (Å²) in [6.45, 7) is 5.02. The van der Waals surface area contributed by atoms with Crippen LogP contribution in [0, 0.1) is 0 Å². The molecule has 0 radical (unpaired) electrons. The van der Waals surface area contributed by atoms with Crippen LogP contribution in [0.15, 0.2) is 91.0 Å². The molecule has 2 unspecified atom stereocenters. The first-order valence-corrected chi connectivity index (χ1v) is 13.7. The van der Waals surface area contributed by atoms with Crippen molar-refractivity contribution in [3.05, 3.63) is 108 Å². The number of ether oxygens (including phenoxy) is 2. The quantitative estimate of drug-likeness (QED) is 0.528. The molecule has 8 heteroatoms. The van der Waals surface area contributed by atoms with Gasteiger partial charge in [-0.2, -0.15) is 0 Å². The summed E-state index contributed by atoms with van der Waals surface area (Å²) in [5, 5.41) is 3.31. The van der Waals surface area contributed by atoms with E-state index in [4.69, 9.17) is 9.47 Å². The predicted molar refractivity (Wildman–Crippen MR) is 147 cm³/mol. The smallest absolute Gasteiger partial charge is 0.411 e. The molecule has 3 aliphatic heterocycles. The Kier molecular flexibility index (Phi) is 7.22. The first kappa shape index (κ1) is 25.4. The molecular formula is C31H34N4O4. The summed E-state index contributed by atoms with van der Waals surface area (Å²) in [5.74, 6) is 0. The number of cyclic esters (lactones) is 1. The van der Waals surface area contributed by atoms with Crippen LogP contribution in [-0.2, 0) is 15.1 Å². The Morgan fingerprint density at radius 1 is 0.846 bits per heavy atom. The van der Waals surface area contributed by atoms with Gasteiger partial charge in [-0.15, -0.1) is 0 Å². The van der Waals surface area contributed by atoms with Gasteiger partial charge < -0.3 is 19.7 Å². The fourth-order valence-electron chi connectivity index (χ4n) is 6.04. The summed E-state index contributed by atoms with van der Waals surface area (Å²) >= 11 is 0. The van der Waals surface area contributed by atoms with Crippen LogP contribution in [-0.4, -0.2) is 85.3 Å². The van der Waals surface area contributed by atoms with E-state index in [1.165, 1.54) is 0 Å². The highest BCUT2D eigenvalue weighted by Crippen LogP contribution is 2.45. The van der Waals surface area contributed by atoms with Gasteiger partial charge in [-0.3, -0.25) is 9.80 Å². The van der Waals surface area contributed by atoms with Crippen LogP contribution in [0.5, 0.6) is 0 Å². The lowest BCUT2D eigenvalue weighted by molar-refractivity contribution is 0.0328. The molecule has 39 heavy (non-hydrogen) atoms. The third-order valence-corrected chi connectivity index (χ3v) is 8.07. The molecule has 0 aromatic heterocycles. The lowest BCUT2D eigenvalue weighted by Gasteiger charge is -2.42. The average Bonchev–Trinajstić information content (AvgIpc) is 3.31. The molecule has 0 spiro atoms. The zero-order valence-corrected chi connectivity index (χ0v) is 21.9. The SMILES string of the molecule is O=C(NC(CN1CCOCC1)c1ccccc1)N1CCN2C(=O)OC(c3ccccc3)(c3ccccc3)C2C1. The van der Waals surface area contributed by atoms with E-state index >= 15 is 0 Å². The molecule has 2 atom stereocenters. The number of urea groups is 1. The van der Waals surface area contributed by atoms with E-state index in [-0.39, 0.29) is 24.2 Å². The topological polar surface area (TPSA) is 74.4 Å². The second kappa shape index (κ2) is 11.1. The van der Waals surface area contributed by atoms with Gasteiger partial charge in [-0.1, -0.05) is 91.0 Å². The van der Waals surface area contributed by atoms with Gasteiger partial charge in [0.15, 0.2) is 5.60 Å². The molecule has 6 rings (SSSR count). The van der Waals surface area contributed by atoms with Crippen molar-refractivity contribution in [1.29, 1.82) is 0 Å². The van der Waals surface area contributed by atoms with Gasteiger partial charge in [0, 0.05) is 50.4 Å². The summed E-state index contributed by atoms with van der Waals surface area (Å²) < 4.78 is 11.8. The number of morpholine rings is 1. The maximum Gasteiger partial charge on any atom is 0.411 e. The number of carbonyl (C=O) groups is 2. The van der Waals surface area contributed by atoms with Crippen molar-refractivity contribution < 1.29 is 19.1 Å². The largest absolute Gasteiger partial charge is 0.431 e. The van der Waals surface area contributed by atoms with Crippen LogP contribution in [0.1, 0.15) is 22.7 Å². The number of piperazine rings is 1. The molecule has 3 aromatic rings. The molecule has 3 saturated heterocycles. The summed E-state index contributed by atoms with van der Waals surface area (Å²) in [4.78, 5) is 33.0. The monoisotopic (exact) mass is 526 g/mol. The highest BCUT2D eigenvalue weighted by molar-refractivity contribution is 5.77. The van der Waals surface area contributed by atoms with Crippen LogP contribution in [0.2, 0.25) is 0 Å². The molecule has 8 nitrogen and oxygen atoms in total. The Labute approximate surface area is 229 Å². The second-order valence-corrected chi connectivity index (χ2v) is 10.3. The van der Waals surface area contributed by atoms with E-state index in [1.54, 1.807) is 4.90 Å². The fourth-order valence-corrected chi connectivity index (χ4v) is 6.04. The van der Waals surface area contributed by atoms with Gasteiger partial charge in [0.25, 0.3) is 0 Å². The molecule has 1 N–H and O–H groups in total. The molecule has 0 bridgehead atoms. The minimum absolute atomic E-state index is 0.133. The number of nitrogens with zero attached hydrogens (tertiary/aromatic N) is 3.